The lowest BCUT2D eigenvalue weighted by Gasteiger charge is -2.17. The van der Waals surface area contributed by atoms with Gasteiger partial charge in [0, 0.05) is 11.6 Å². The topological polar surface area (TPSA) is 66.4 Å². The number of hydrogen-bond acceptors (Lipinski definition) is 3. The molecule has 1 aromatic carbocycles. The average molecular weight is 281 g/mol. The van der Waals surface area contributed by atoms with Gasteiger partial charge in [0.05, 0.1) is 4.90 Å². The molecular weight excluding hydrogens is 262 g/mol. The Labute approximate surface area is 114 Å². The van der Waals surface area contributed by atoms with Crippen LogP contribution >= 0.6 is 0 Å². The Bertz CT molecular complexity index is 582. The molecule has 1 unspecified atom stereocenters. The van der Waals surface area contributed by atoms with Gasteiger partial charge in [-0.3, -0.25) is 0 Å². The van der Waals surface area contributed by atoms with Gasteiger partial charge in [-0.2, -0.15) is 0 Å². The van der Waals surface area contributed by atoms with E-state index < -0.39 is 10.0 Å². The molecule has 0 aliphatic rings. The third-order valence-corrected chi connectivity index (χ3v) is 4.35. The van der Waals surface area contributed by atoms with Crippen LogP contribution in [-0.4, -0.2) is 26.2 Å². The van der Waals surface area contributed by atoms with Gasteiger partial charge < -0.3 is 5.11 Å². The number of rotatable bonds is 4. The molecule has 1 atom stereocenters. The lowest BCUT2D eigenvalue weighted by Crippen LogP contribution is -2.36. The molecule has 0 aliphatic heterocycles. The first-order valence-electron chi connectivity index (χ1n) is 6.09. The zero-order valence-corrected chi connectivity index (χ0v) is 12.2. The number of sulfonamides is 1. The highest BCUT2D eigenvalue weighted by molar-refractivity contribution is 7.89. The summed E-state index contributed by atoms with van der Waals surface area (Å²) in [5.41, 5.74) is 0.564. The fraction of sp³-hybridized carbons (Fsp3) is 0.429. The summed E-state index contributed by atoms with van der Waals surface area (Å²) in [6.45, 7) is 5.49. The lowest BCUT2D eigenvalue weighted by atomic mass is 10.1. The third-order valence-electron chi connectivity index (χ3n) is 2.80. The van der Waals surface area contributed by atoms with Crippen LogP contribution in [0, 0.1) is 17.8 Å². The van der Waals surface area contributed by atoms with Crippen LogP contribution < -0.4 is 4.72 Å². The summed E-state index contributed by atoms with van der Waals surface area (Å²) in [6.07, 6.45) is 0. The van der Waals surface area contributed by atoms with Gasteiger partial charge in [0.25, 0.3) is 0 Å². The van der Waals surface area contributed by atoms with Crippen molar-refractivity contribution in [1.29, 1.82) is 0 Å². The molecule has 1 rings (SSSR count). The molecule has 0 spiro atoms. The van der Waals surface area contributed by atoms with Crippen molar-refractivity contribution in [3.8, 4) is 11.8 Å². The smallest absolute Gasteiger partial charge is 0.240 e. The van der Waals surface area contributed by atoms with Crippen molar-refractivity contribution >= 4 is 10.0 Å². The summed E-state index contributed by atoms with van der Waals surface area (Å²) in [5.74, 6) is 5.40. The summed E-state index contributed by atoms with van der Waals surface area (Å²) in [4.78, 5) is 0.185. The van der Waals surface area contributed by atoms with Crippen LogP contribution in [0.1, 0.15) is 26.3 Å². The van der Waals surface area contributed by atoms with Gasteiger partial charge in [0.2, 0.25) is 10.0 Å². The van der Waals surface area contributed by atoms with E-state index in [4.69, 9.17) is 5.11 Å². The van der Waals surface area contributed by atoms with E-state index in [9.17, 15) is 8.42 Å². The number of aliphatic hydroxyl groups is 1. The molecule has 0 saturated heterocycles. The number of aliphatic hydroxyl groups excluding tert-OH is 1. The predicted molar refractivity (Wildman–Crippen MR) is 75.0 cm³/mol. The molecule has 19 heavy (non-hydrogen) atoms. The van der Waals surface area contributed by atoms with Gasteiger partial charge in [0.15, 0.2) is 0 Å². The number of nitrogens with one attached hydrogen (secondary N) is 1. The standard InChI is InChI=1S/C14H19NO3S/c1-11(2)12(3)15-19(17,18)14-8-4-6-13(10-14)7-5-9-16/h4,6,8,10-12,15-16H,9H2,1-3H3. The van der Waals surface area contributed by atoms with E-state index in [1.54, 1.807) is 12.1 Å². The Morgan fingerprint density at radius 1 is 1.32 bits per heavy atom. The molecule has 4 nitrogen and oxygen atoms in total. The highest BCUT2D eigenvalue weighted by Gasteiger charge is 2.19. The molecule has 104 valence electrons. The summed E-state index contributed by atoms with van der Waals surface area (Å²) in [7, 11) is -3.53. The fourth-order valence-electron chi connectivity index (χ4n) is 1.33. The average Bonchev–Trinajstić information content (AvgIpc) is 2.36. The van der Waals surface area contributed by atoms with E-state index in [1.807, 2.05) is 20.8 Å². The molecule has 0 aliphatic carbocycles. The Morgan fingerprint density at radius 2 is 2.00 bits per heavy atom. The highest BCUT2D eigenvalue weighted by Crippen LogP contribution is 2.13. The second-order valence-electron chi connectivity index (χ2n) is 4.64. The summed E-state index contributed by atoms with van der Waals surface area (Å²) in [5, 5.41) is 8.63. The van der Waals surface area contributed by atoms with Crippen molar-refractivity contribution in [2.45, 2.75) is 31.7 Å². The summed E-state index contributed by atoms with van der Waals surface area (Å²) in [6, 6.07) is 6.22. The van der Waals surface area contributed by atoms with E-state index >= 15 is 0 Å². The van der Waals surface area contributed by atoms with Gasteiger partial charge >= 0.3 is 0 Å². The Balaban J connectivity index is 3.02. The van der Waals surface area contributed by atoms with Crippen molar-refractivity contribution < 1.29 is 13.5 Å². The van der Waals surface area contributed by atoms with Crippen molar-refractivity contribution in [3.63, 3.8) is 0 Å². The van der Waals surface area contributed by atoms with Crippen LogP contribution in [0.2, 0.25) is 0 Å². The molecule has 0 aromatic heterocycles. The van der Waals surface area contributed by atoms with E-state index in [1.165, 1.54) is 12.1 Å². The molecule has 0 bridgehead atoms. The van der Waals surface area contributed by atoms with Crippen LogP contribution in [0.5, 0.6) is 0 Å². The molecule has 0 fully saturated rings. The first-order chi connectivity index (χ1) is 8.86. The van der Waals surface area contributed by atoms with E-state index in [2.05, 4.69) is 16.6 Å². The molecule has 1 aromatic rings. The van der Waals surface area contributed by atoms with Crippen molar-refractivity contribution in [2.75, 3.05) is 6.61 Å². The minimum Gasteiger partial charge on any atom is -0.384 e. The second kappa shape index (κ2) is 6.71. The Morgan fingerprint density at radius 3 is 2.58 bits per heavy atom. The van der Waals surface area contributed by atoms with E-state index in [0.717, 1.165) is 0 Å². The van der Waals surface area contributed by atoms with E-state index in [0.29, 0.717) is 5.56 Å². The molecule has 0 radical (unpaired) electrons. The maximum Gasteiger partial charge on any atom is 0.240 e. The van der Waals surface area contributed by atoms with Crippen LogP contribution in [0.25, 0.3) is 0 Å². The normalized spacial score (nSPS) is 12.9. The van der Waals surface area contributed by atoms with Gasteiger partial charge in [-0.05, 0) is 31.0 Å². The largest absolute Gasteiger partial charge is 0.384 e. The van der Waals surface area contributed by atoms with Gasteiger partial charge in [-0.1, -0.05) is 31.8 Å². The maximum atomic E-state index is 12.2. The Hall–Kier alpha value is -1.35. The summed E-state index contributed by atoms with van der Waals surface area (Å²) < 4.78 is 27.0. The van der Waals surface area contributed by atoms with Crippen molar-refractivity contribution in [1.82, 2.24) is 4.72 Å². The van der Waals surface area contributed by atoms with Gasteiger partial charge in [-0.15, -0.1) is 0 Å². The number of hydrogen-bond donors (Lipinski definition) is 2. The third kappa shape index (κ3) is 4.67. The van der Waals surface area contributed by atoms with Crippen molar-refractivity contribution in [3.05, 3.63) is 29.8 Å². The second-order valence-corrected chi connectivity index (χ2v) is 6.36. The molecular formula is C14H19NO3S. The Kier molecular flexibility index (Phi) is 5.55. The highest BCUT2D eigenvalue weighted by atomic mass is 32.2. The minimum atomic E-state index is -3.53. The monoisotopic (exact) mass is 281 g/mol. The molecule has 2 N–H and O–H groups in total. The number of benzene rings is 1. The SMILES string of the molecule is CC(C)C(C)NS(=O)(=O)c1cccc(C#CCO)c1. The van der Waals surface area contributed by atoms with E-state index in [-0.39, 0.29) is 23.5 Å². The van der Waals surface area contributed by atoms with Crippen LogP contribution in [0.15, 0.2) is 29.2 Å². The van der Waals surface area contributed by atoms with Gasteiger partial charge in [-0.25, -0.2) is 13.1 Å². The fourth-order valence-corrected chi connectivity index (χ4v) is 2.77. The van der Waals surface area contributed by atoms with Crippen LogP contribution in [0.4, 0.5) is 0 Å². The van der Waals surface area contributed by atoms with Gasteiger partial charge in [0.1, 0.15) is 6.61 Å². The summed E-state index contributed by atoms with van der Waals surface area (Å²) >= 11 is 0. The maximum absolute atomic E-state index is 12.2. The quantitative estimate of drug-likeness (QED) is 0.819. The molecule has 0 saturated carbocycles. The first kappa shape index (κ1) is 15.7. The molecule has 0 amide bonds. The zero-order valence-electron chi connectivity index (χ0n) is 11.3. The first-order valence-corrected chi connectivity index (χ1v) is 7.57. The zero-order chi connectivity index (χ0) is 14.5. The molecule has 5 heteroatoms. The molecule has 0 heterocycles. The van der Waals surface area contributed by atoms with Crippen LogP contribution in [0.3, 0.4) is 0 Å². The minimum absolute atomic E-state index is 0.141. The van der Waals surface area contributed by atoms with Crippen molar-refractivity contribution in [2.24, 2.45) is 5.92 Å². The lowest BCUT2D eigenvalue weighted by molar-refractivity contribution is 0.350. The predicted octanol–water partition coefficient (Wildman–Crippen LogP) is 1.35. The van der Waals surface area contributed by atoms with Crippen LogP contribution in [-0.2, 0) is 10.0 Å².